The van der Waals surface area contributed by atoms with Gasteiger partial charge in [-0.25, -0.2) is 36.7 Å². The maximum Gasteiger partial charge on any atom is 0.407 e. The van der Waals surface area contributed by atoms with Gasteiger partial charge in [0.1, 0.15) is 6.33 Å². The Hall–Kier alpha value is -3.30. The molecule has 42 heavy (non-hydrogen) atoms. The molecule has 1 saturated heterocycles. The highest BCUT2D eigenvalue weighted by Gasteiger charge is 2.42. The van der Waals surface area contributed by atoms with Crippen LogP contribution in [-0.4, -0.2) is 67.4 Å². The van der Waals surface area contributed by atoms with Gasteiger partial charge in [-0.3, -0.25) is 4.57 Å². The predicted octanol–water partition coefficient (Wildman–Crippen LogP) is 5.47. The second kappa shape index (κ2) is 9.88. The Bertz CT molecular complexity index is 1810. The number of sulfonamides is 1. The smallest absolute Gasteiger partial charge is 0.407 e. The third-order valence-electron chi connectivity index (χ3n) is 8.28. The predicted molar refractivity (Wildman–Crippen MR) is 153 cm³/mol. The van der Waals surface area contributed by atoms with Crippen LogP contribution in [0.2, 0.25) is 0 Å². The number of nitrogens with one attached hydrogen (secondary N) is 1. The van der Waals surface area contributed by atoms with Crippen LogP contribution in [-0.2, 0) is 10.0 Å². The Morgan fingerprint density at radius 2 is 1.95 bits per heavy atom. The van der Waals surface area contributed by atoms with E-state index >= 15 is 0 Å². The topological polar surface area (TPSA) is 143 Å². The lowest BCUT2D eigenvalue weighted by molar-refractivity contribution is 0.0523. The third kappa shape index (κ3) is 5.00. The number of halogens is 2. The van der Waals surface area contributed by atoms with Gasteiger partial charge in [0.15, 0.2) is 10.7 Å². The summed E-state index contributed by atoms with van der Waals surface area (Å²) in [5.41, 5.74) is 0.684. The van der Waals surface area contributed by atoms with Crippen LogP contribution in [0.25, 0.3) is 27.1 Å². The summed E-state index contributed by atoms with van der Waals surface area (Å²) in [6.45, 7) is 8.19. The number of aromatic nitrogens is 5. The van der Waals surface area contributed by atoms with Crippen molar-refractivity contribution in [2.24, 2.45) is 5.41 Å². The Kier molecular flexibility index (Phi) is 6.77. The van der Waals surface area contributed by atoms with Gasteiger partial charge in [-0.05, 0) is 50.2 Å². The fraction of sp³-hybridized carbons (Fsp3) is 0.519. The number of piperidine rings is 1. The normalized spacial score (nSPS) is 21.0. The maximum atomic E-state index is 13.5. The SMILES string of the molecule is CC1(NS(=O)(=O)c2ccc3c4c(C5CCN(C(=O)O)C(C(C)(C)C)C5)ncnc4n(-c4nnc(C(F)F)s4)c3c2)CC1. The maximum absolute atomic E-state index is 13.5. The fourth-order valence-electron chi connectivity index (χ4n) is 5.85. The Labute approximate surface area is 245 Å². The molecular weight excluding hydrogens is 588 g/mol. The summed E-state index contributed by atoms with van der Waals surface area (Å²) >= 11 is 0.704. The molecule has 2 N–H and O–H groups in total. The summed E-state index contributed by atoms with van der Waals surface area (Å²) in [6, 6.07) is 4.44. The number of carbonyl (C=O) groups is 1. The zero-order valence-corrected chi connectivity index (χ0v) is 25.1. The zero-order valence-electron chi connectivity index (χ0n) is 23.5. The third-order valence-corrected chi connectivity index (χ3v) is 10.8. The van der Waals surface area contributed by atoms with Crippen LogP contribution in [0.1, 0.15) is 76.4 Å². The molecule has 2 atom stereocenters. The molecule has 11 nitrogen and oxygen atoms in total. The van der Waals surface area contributed by atoms with Crippen molar-refractivity contribution in [2.45, 2.75) is 82.2 Å². The summed E-state index contributed by atoms with van der Waals surface area (Å²) in [5.74, 6) is -0.125. The number of hydrogen-bond acceptors (Lipinski definition) is 8. The van der Waals surface area contributed by atoms with Crippen molar-refractivity contribution in [2.75, 3.05) is 6.54 Å². The molecule has 15 heteroatoms. The molecule has 0 radical (unpaired) electrons. The minimum absolute atomic E-state index is 0.0304. The lowest BCUT2D eigenvalue weighted by Crippen LogP contribution is -2.51. The Morgan fingerprint density at radius 3 is 2.57 bits per heavy atom. The molecule has 2 unspecified atom stereocenters. The molecule has 1 aliphatic carbocycles. The van der Waals surface area contributed by atoms with Gasteiger partial charge in [-0.2, -0.15) is 0 Å². The van der Waals surface area contributed by atoms with Crippen molar-refractivity contribution in [1.29, 1.82) is 0 Å². The van der Waals surface area contributed by atoms with E-state index in [9.17, 15) is 27.1 Å². The largest absolute Gasteiger partial charge is 0.465 e. The molecule has 6 rings (SSSR count). The van der Waals surface area contributed by atoms with Gasteiger partial charge in [0.05, 0.1) is 16.1 Å². The van der Waals surface area contributed by atoms with E-state index in [2.05, 4.69) is 24.9 Å². The van der Waals surface area contributed by atoms with E-state index in [0.717, 1.165) is 12.8 Å². The molecule has 1 aromatic carbocycles. The van der Waals surface area contributed by atoms with E-state index in [0.29, 0.717) is 58.4 Å². The van der Waals surface area contributed by atoms with Gasteiger partial charge in [-0.1, -0.05) is 38.2 Å². The number of amides is 1. The lowest BCUT2D eigenvalue weighted by atomic mass is 9.76. The first-order chi connectivity index (χ1) is 19.7. The van der Waals surface area contributed by atoms with Crippen LogP contribution in [0.3, 0.4) is 0 Å². The van der Waals surface area contributed by atoms with Gasteiger partial charge in [0, 0.05) is 34.8 Å². The molecule has 1 amide bonds. The number of nitrogens with zero attached hydrogens (tertiary/aromatic N) is 6. The number of carboxylic acid groups (broad SMARTS) is 1. The minimum Gasteiger partial charge on any atom is -0.465 e. The number of rotatable bonds is 6. The summed E-state index contributed by atoms with van der Waals surface area (Å²) in [5, 5.41) is 18.5. The summed E-state index contributed by atoms with van der Waals surface area (Å²) in [7, 11) is -3.87. The van der Waals surface area contributed by atoms with Crippen LogP contribution in [0.5, 0.6) is 0 Å². The van der Waals surface area contributed by atoms with Crippen molar-refractivity contribution < 1.29 is 27.1 Å². The zero-order chi connectivity index (χ0) is 30.2. The van der Waals surface area contributed by atoms with Crippen LogP contribution in [0.15, 0.2) is 29.4 Å². The van der Waals surface area contributed by atoms with Gasteiger partial charge >= 0.3 is 6.09 Å². The first-order valence-electron chi connectivity index (χ1n) is 13.6. The molecule has 1 saturated carbocycles. The lowest BCUT2D eigenvalue weighted by Gasteiger charge is -2.44. The Balaban J connectivity index is 1.55. The first kappa shape index (κ1) is 28.8. The summed E-state index contributed by atoms with van der Waals surface area (Å²) < 4.78 is 57.9. The van der Waals surface area contributed by atoms with Gasteiger partial charge in [-0.15, -0.1) is 10.2 Å². The number of likely N-dealkylation sites (tertiary alicyclic amines) is 1. The molecule has 0 spiro atoms. The van der Waals surface area contributed by atoms with Crippen molar-refractivity contribution in [3.63, 3.8) is 0 Å². The van der Waals surface area contributed by atoms with Crippen molar-refractivity contribution in [3.05, 3.63) is 35.2 Å². The molecule has 0 bridgehead atoms. The summed E-state index contributed by atoms with van der Waals surface area (Å²) in [6.07, 6.45) is 0.147. The van der Waals surface area contributed by atoms with Gasteiger partial charge < -0.3 is 10.0 Å². The highest BCUT2D eigenvalue weighted by molar-refractivity contribution is 7.89. The van der Waals surface area contributed by atoms with Crippen molar-refractivity contribution >= 4 is 49.4 Å². The first-order valence-corrected chi connectivity index (χ1v) is 15.9. The van der Waals surface area contributed by atoms with Crippen LogP contribution in [0.4, 0.5) is 13.6 Å². The summed E-state index contributed by atoms with van der Waals surface area (Å²) in [4.78, 5) is 22.7. The second-order valence-corrected chi connectivity index (χ2v) is 15.1. The highest BCUT2D eigenvalue weighted by atomic mass is 32.2. The van der Waals surface area contributed by atoms with Gasteiger partial charge in [0.2, 0.25) is 15.2 Å². The fourth-order valence-corrected chi connectivity index (χ4v) is 8.05. The molecule has 3 aromatic heterocycles. The van der Waals surface area contributed by atoms with E-state index in [1.165, 1.54) is 23.4 Å². The number of benzene rings is 1. The highest BCUT2D eigenvalue weighted by Crippen LogP contribution is 2.43. The van der Waals surface area contributed by atoms with Crippen LogP contribution >= 0.6 is 11.3 Å². The molecule has 4 heterocycles. The molecule has 4 aromatic rings. The van der Waals surface area contributed by atoms with E-state index in [1.54, 1.807) is 10.6 Å². The quantitative estimate of drug-likeness (QED) is 0.289. The van der Waals surface area contributed by atoms with Crippen molar-refractivity contribution in [1.82, 2.24) is 34.4 Å². The molecule has 224 valence electrons. The second-order valence-electron chi connectivity index (χ2n) is 12.4. The standard InChI is InChI=1S/C27H31F2N7O4S2/c1-26(2,3)18-11-14(7-10-35(18)25(37)38)20-19-16-6-5-15(42(39,40)34-27(4)8-9-27)12-17(16)36(22(19)31-13-30-20)24-33-32-23(41-24)21(28)29/h5-6,12-14,18,21,34H,7-11H2,1-4H3,(H,37,38). The average Bonchev–Trinajstić information content (AvgIpc) is 3.31. The minimum atomic E-state index is -3.87. The number of hydrogen-bond donors (Lipinski definition) is 2. The average molecular weight is 620 g/mol. The molecule has 2 fully saturated rings. The number of fused-ring (bicyclic) bond motifs is 3. The number of alkyl halides is 2. The van der Waals surface area contributed by atoms with Crippen LogP contribution in [0, 0.1) is 5.41 Å². The van der Waals surface area contributed by atoms with E-state index in [1.807, 2.05) is 27.7 Å². The van der Waals surface area contributed by atoms with Crippen molar-refractivity contribution in [3.8, 4) is 5.13 Å². The molecule has 2 aliphatic rings. The van der Waals surface area contributed by atoms with Gasteiger partial charge in [0.25, 0.3) is 6.43 Å². The van der Waals surface area contributed by atoms with E-state index < -0.39 is 33.1 Å². The Morgan fingerprint density at radius 1 is 1.21 bits per heavy atom. The molecule has 1 aliphatic heterocycles. The monoisotopic (exact) mass is 619 g/mol. The molecular formula is C27H31F2N7O4S2. The van der Waals surface area contributed by atoms with E-state index in [-0.39, 0.29) is 27.4 Å². The van der Waals surface area contributed by atoms with E-state index in [4.69, 9.17) is 0 Å². The van der Waals surface area contributed by atoms with Crippen LogP contribution < -0.4 is 4.72 Å².